The molecule has 4 rings (SSSR count). The van der Waals surface area contributed by atoms with E-state index in [9.17, 15) is 18.0 Å². The number of aryl methyl sites for hydroxylation is 2. The van der Waals surface area contributed by atoms with E-state index >= 15 is 0 Å². The molecule has 1 N–H and O–H groups in total. The van der Waals surface area contributed by atoms with Crippen LogP contribution in [0.2, 0.25) is 15.1 Å². The number of hydrogen-bond donors (Lipinski definition) is 1. The summed E-state index contributed by atoms with van der Waals surface area (Å²) in [6.45, 7) is 4.56. The molecule has 1 fully saturated rings. The minimum Gasteiger partial charge on any atom is -0.352 e. The largest absolute Gasteiger partial charge is 0.352 e. The Kier molecular flexibility index (Phi) is 11.0. The van der Waals surface area contributed by atoms with Crippen LogP contribution >= 0.6 is 34.8 Å². The lowest BCUT2D eigenvalue weighted by molar-refractivity contribution is -0.139. The number of carbonyl (C=O) groups excluding carboxylic acids is 2. The second-order valence-electron chi connectivity index (χ2n) is 11.0. The van der Waals surface area contributed by atoms with E-state index in [2.05, 4.69) is 5.32 Å². The first-order valence-electron chi connectivity index (χ1n) is 14.3. The van der Waals surface area contributed by atoms with Crippen molar-refractivity contribution in [2.75, 3.05) is 10.8 Å². The van der Waals surface area contributed by atoms with Crippen molar-refractivity contribution in [3.05, 3.63) is 92.4 Å². The molecule has 2 amide bonds. The Morgan fingerprint density at radius 3 is 2.19 bits per heavy atom. The Morgan fingerprint density at radius 1 is 0.930 bits per heavy atom. The molecule has 11 heteroatoms. The van der Waals surface area contributed by atoms with Gasteiger partial charge in [-0.15, -0.1) is 0 Å². The Bertz CT molecular complexity index is 1550. The Morgan fingerprint density at radius 2 is 1.56 bits per heavy atom. The SMILES string of the molecule is Cc1ccc(S(=O)(=O)N(CC(=O)N(Cc2c(Cl)cccc2Cl)C(C)C(=O)NC2CCCCC2)c2cc(Cl)ccc2C)cc1. The molecule has 3 aromatic rings. The highest BCUT2D eigenvalue weighted by Gasteiger charge is 2.34. The molecular formula is C32H36Cl3N3O4S. The van der Waals surface area contributed by atoms with E-state index in [1.165, 1.54) is 23.1 Å². The van der Waals surface area contributed by atoms with Crippen LogP contribution in [0, 0.1) is 13.8 Å². The number of carbonyl (C=O) groups is 2. The number of hydrogen-bond acceptors (Lipinski definition) is 4. The summed E-state index contributed by atoms with van der Waals surface area (Å²) in [5.74, 6) is -0.923. The van der Waals surface area contributed by atoms with Gasteiger partial charge in [-0.25, -0.2) is 8.42 Å². The molecule has 0 aromatic heterocycles. The average molecular weight is 665 g/mol. The van der Waals surface area contributed by atoms with Crippen LogP contribution in [0.5, 0.6) is 0 Å². The van der Waals surface area contributed by atoms with Crippen molar-refractivity contribution in [3.63, 3.8) is 0 Å². The standard InChI is InChI=1S/C32H36Cl3N3O4S/c1-21-12-16-26(17-13-21)43(41,42)38(30-18-24(33)15-14-22(30)2)20-31(39)37(19-27-28(34)10-7-11-29(27)35)23(3)32(40)36-25-8-5-4-6-9-25/h7,10-18,23,25H,4-6,8-9,19-20H2,1-3H3,(H,36,40). The van der Waals surface area contributed by atoms with Crippen LogP contribution in [0.15, 0.2) is 65.6 Å². The van der Waals surface area contributed by atoms with Crippen LogP contribution in [0.4, 0.5) is 5.69 Å². The zero-order valence-corrected chi connectivity index (χ0v) is 27.5. The van der Waals surface area contributed by atoms with Crippen molar-refractivity contribution in [3.8, 4) is 0 Å². The van der Waals surface area contributed by atoms with Crippen molar-refractivity contribution in [1.82, 2.24) is 10.2 Å². The molecule has 1 atom stereocenters. The zero-order chi connectivity index (χ0) is 31.3. The van der Waals surface area contributed by atoms with E-state index in [1.54, 1.807) is 56.3 Å². The number of benzene rings is 3. The van der Waals surface area contributed by atoms with Crippen molar-refractivity contribution >= 4 is 62.3 Å². The molecule has 0 spiro atoms. The molecule has 43 heavy (non-hydrogen) atoms. The van der Waals surface area contributed by atoms with Gasteiger partial charge in [0.1, 0.15) is 12.6 Å². The molecule has 7 nitrogen and oxygen atoms in total. The number of halogens is 3. The third-order valence-electron chi connectivity index (χ3n) is 7.84. The summed E-state index contributed by atoms with van der Waals surface area (Å²) in [6, 6.07) is 15.4. The van der Waals surface area contributed by atoms with Gasteiger partial charge in [0.05, 0.1) is 10.6 Å². The summed E-state index contributed by atoms with van der Waals surface area (Å²) < 4.78 is 29.2. The van der Waals surface area contributed by atoms with Gasteiger partial charge in [0.25, 0.3) is 10.0 Å². The lowest BCUT2D eigenvalue weighted by Gasteiger charge is -2.34. The highest BCUT2D eigenvalue weighted by molar-refractivity contribution is 7.92. The highest BCUT2D eigenvalue weighted by Crippen LogP contribution is 2.31. The summed E-state index contributed by atoms with van der Waals surface area (Å²) in [4.78, 5) is 29.1. The smallest absolute Gasteiger partial charge is 0.264 e. The van der Waals surface area contributed by atoms with Crippen molar-refractivity contribution < 1.29 is 18.0 Å². The highest BCUT2D eigenvalue weighted by atomic mass is 35.5. The van der Waals surface area contributed by atoms with Crippen LogP contribution in [0.3, 0.4) is 0 Å². The second kappa shape index (κ2) is 14.3. The van der Waals surface area contributed by atoms with Crippen LogP contribution in [-0.2, 0) is 26.2 Å². The van der Waals surface area contributed by atoms with Gasteiger partial charge in [-0.2, -0.15) is 0 Å². The molecule has 1 aliphatic rings. The van der Waals surface area contributed by atoms with Gasteiger partial charge in [0.15, 0.2) is 0 Å². The number of amides is 2. The number of rotatable bonds is 10. The molecular weight excluding hydrogens is 629 g/mol. The predicted molar refractivity (Wildman–Crippen MR) is 173 cm³/mol. The van der Waals surface area contributed by atoms with Gasteiger partial charge in [-0.05, 0) is 75.6 Å². The first kappa shape index (κ1) is 33.1. The zero-order valence-electron chi connectivity index (χ0n) is 24.4. The fraction of sp³-hybridized carbons (Fsp3) is 0.375. The van der Waals surface area contributed by atoms with Crippen LogP contribution in [0.1, 0.15) is 55.7 Å². The topological polar surface area (TPSA) is 86.8 Å². The van der Waals surface area contributed by atoms with Gasteiger partial charge >= 0.3 is 0 Å². The van der Waals surface area contributed by atoms with Gasteiger partial charge in [-0.3, -0.25) is 13.9 Å². The molecule has 3 aromatic carbocycles. The normalized spacial score (nSPS) is 14.7. The fourth-order valence-electron chi connectivity index (χ4n) is 5.21. The Hall–Kier alpha value is -2.78. The molecule has 230 valence electrons. The van der Waals surface area contributed by atoms with Crippen molar-refractivity contribution in [1.29, 1.82) is 0 Å². The lowest BCUT2D eigenvalue weighted by Crippen LogP contribution is -2.53. The molecule has 0 saturated heterocycles. The summed E-state index contributed by atoms with van der Waals surface area (Å²) in [6.07, 6.45) is 4.94. The van der Waals surface area contributed by atoms with E-state index in [-0.39, 0.29) is 29.1 Å². The number of nitrogens with zero attached hydrogens (tertiary/aromatic N) is 2. The first-order chi connectivity index (χ1) is 20.4. The van der Waals surface area contributed by atoms with E-state index in [1.807, 2.05) is 6.92 Å². The van der Waals surface area contributed by atoms with Crippen LogP contribution in [-0.4, -0.2) is 43.8 Å². The van der Waals surface area contributed by atoms with Crippen LogP contribution in [0.25, 0.3) is 0 Å². The Labute approximate surface area is 269 Å². The van der Waals surface area contributed by atoms with Gasteiger partial charge in [0.2, 0.25) is 11.8 Å². The second-order valence-corrected chi connectivity index (χ2v) is 14.1. The maximum absolute atomic E-state index is 14.2. The van der Waals surface area contributed by atoms with E-state index in [4.69, 9.17) is 34.8 Å². The summed E-state index contributed by atoms with van der Waals surface area (Å²) in [7, 11) is -4.22. The van der Waals surface area contributed by atoms with Crippen LogP contribution < -0.4 is 9.62 Å². The summed E-state index contributed by atoms with van der Waals surface area (Å²) in [5, 5.41) is 4.07. The Balaban J connectivity index is 1.74. The van der Waals surface area contributed by atoms with E-state index in [0.717, 1.165) is 42.0 Å². The van der Waals surface area contributed by atoms with Gasteiger partial charge < -0.3 is 10.2 Å². The maximum Gasteiger partial charge on any atom is 0.264 e. The minimum atomic E-state index is -4.22. The van der Waals surface area contributed by atoms with Gasteiger partial charge in [-0.1, -0.05) is 83.9 Å². The molecule has 0 heterocycles. The van der Waals surface area contributed by atoms with Crippen molar-refractivity contribution in [2.45, 2.75) is 76.4 Å². The summed E-state index contributed by atoms with van der Waals surface area (Å²) in [5.41, 5.74) is 2.22. The summed E-state index contributed by atoms with van der Waals surface area (Å²) >= 11 is 19.3. The molecule has 0 radical (unpaired) electrons. The monoisotopic (exact) mass is 663 g/mol. The minimum absolute atomic E-state index is 0.0223. The molecule has 0 aliphatic heterocycles. The molecule has 1 aliphatic carbocycles. The molecule has 1 saturated carbocycles. The predicted octanol–water partition coefficient (Wildman–Crippen LogP) is 7.33. The fourth-order valence-corrected chi connectivity index (χ4v) is 7.36. The lowest BCUT2D eigenvalue weighted by atomic mass is 9.95. The third kappa shape index (κ3) is 8.04. The molecule has 0 bridgehead atoms. The molecule has 1 unspecified atom stereocenters. The van der Waals surface area contributed by atoms with Gasteiger partial charge in [0, 0.05) is 33.2 Å². The maximum atomic E-state index is 14.2. The van der Waals surface area contributed by atoms with Crippen molar-refractivity contribution in [2.24, 2.45) is 0 Å². The number of sulfonamides is 1. The third-order valence-corrected chi connectivity index (χ3v) is 10.6. The number of nitrogens with one attached hydrogen (secondary N) is 1. The van der Waals surface area contributed by atoms with E-state index in [0.29, 0.717) is 26.2 Å². The average Bonchev–Trinajstić information content (AvgIpc) is 2.97. The quantitative estimate of drug-likeness (QED) is 0.246. The number of anilines is 1. The first-order valence-corrected chi connectivity index (χ1v) is 16.8. The van der Waals surface area contributed by atoms with E-state index < -0.39 is 28.5 Å².